The Morgan fingerprint density at radius 2 is 1.93 bits per heavy atom. The standard InChI is InChI=1S/C30H35ClN6O3/c1-19-3-8-27-26(13-19)34-28-22(16-33-35(28)2)18-37(27)29(38)24-7-6-21(14-25(24)31)15-32-30(39)40-23-9-11-36(12-10-23)17-20-4-5-20/h3,6-8,13-14,16,20,23,34H,4-5,9-12,15,17-18H2,1-2H3,(H,32,39). The molecule has 9 nitrogen and oxygen atoms in total. The highest BCUT2D eigenvalue weighted by molar-refractivity contribution is 6.34. The lowest BCUT2D eigenvalue weighted by Gasteiger charge is -2.31. The SMILES string of the molecule is Cc1ccc2c(c1)Nc1c(cnn1C)CN2C(=O)c1ccc(CNC(=O)OC2CCN(CC3CC3)CC2)cc1Cl. The molecule has 3 heterocycles. The highest BCUT2D eigenvalue weighted by Gasteiger charge is 2.29. The molecule has 210 valence electrons. The van der Waals surface area contributed by atoms with E-state index in [-0.39, 0.29) is 18.6 Å². The lowest BCUT2D eigenvalue weighted by Crippen LogP contribution is -2.40. The number of ether oxygens (including phenoxy) is 1. The first-order valence-electron chi connectivity index (χ1n) is 14.0. The third kappa shape index (κ3) is 5.81. The summed E-state index contributed by atoms with van der Waals surface area (Å²) in [6.07, 6.45) is 5.76. The van der Waals surface area contributed by atoms with Gasteiger partial charge in [0, 0.05) is 38.8 Å². The van der Waals surface area contributed by atoms with E-state index in [1.807, 2.05) is 38.2 Å². The second-order valence-corrected chi connectivity index (χ2v) is 11.6. The largest absolute Gasteiger partial charge is 0.446 e. The van der Waals surface area contributed by atoms with Gasteiger partial charge < -0.3 is 25.2 Å². The Hall–Kier alpha value is -3.56. The van der Waals surface area contributed by atoms with Crippen LogP contribution in [0.4, 0.5) is 22.0 Å². The lowest BCUT2D eigenvalue weighted by atomic mass is 10.1. The summed E-state index contributed by atoms with van der Waals surface area (Å²) in [6, 6.07) is 11.2. The minimum absolute atomic E-state index is 0.0471. The quantitative estimate of drug-likeness (QED) is 0.419. The molecule has 0 spiro atoms. The molecule has 2 N–H and O–H groups in total. The lowest BCUT2D eigenvalue weighted by molar-refractivity contribution is 0.0493. The van der Waals surface area contributed by atoms with Crippen molar-refractivity contribution < 1.29 is 14.3 Å². The summed E-state index contributed by atoms with van der Waals surface area (Å²) in [4.78, 5) is 30.5. The maximum atomic E-state index is 13.8. The normalized spacial score (nSPS) is 17.4. The molecule has 2 fully saturated rings. The number of carbonyl (C=O) groups excluding carboxylic acids is 2. The first-order valence-corrected chi connectivity index (χ1v) is 14.4. The minimum Gasteiger partial charge on any atom is -0.446 e. The van der Waals surface area contributed by atoms with Crippen LogP contribution in [0.15, 0.2) is 42.6 Å². The van der Waals surface area contributed by atoms with Crippen molar-refractivity contribution in [2.24, 2.45) is 13.0 Å². The summed E-state index contributed by atoms with van der Waals surface area (Å²) in [5.41, 5.74) is 4.78. The van der Waals surface area contributed by atoms with Gasteiger partial charge in [0.25, 0.3) is 5.91 Å². The van der Waals surface area contributed by atoms with Gasteiger partial charge in [0.05, 0.1) is 34.7 Å². The molecule has 3 aliphatic rings. The van der Waals surface area contributed by atoms with Crippen LogP contribution in [0.1, 0.15) is 52.7 Å². The van der Waals surface area contributed by atoms with Crippen molar-refractivity contribution in [3.05, 3.63) is 69.9 Å². The van der Waals surface area contributed by atoms with Crippen LogP contribution < -0.4 is 15.5 Å². The van der Waals surface area contributed by atoms with Gasteiger partial charge in [0.15, 0.2) is 0 Å². The fourth-order valence-electron chi connectivity index (χ4n) is 5.54. The highest BCUT2D eigenvalue weighted by Crippen LogP contribution is 2.37. The number of benzene rings is 2. The number of amides is 2. The molecule has 1 aromatic heterocycles. The molecular weight excluding hydrogens is 528 g/mol. The van der Waals surface area contributed by atoms with Crippen LogP contribution >= 0.6 is 11.6 Å². The van der Waals surface area contributed by atoms with E-state index in [1.54, 1.807) is 27.9 Å². The average Bonchev–Trinajstić information content (AvgIpc) is 3.72. The van der Waals surface area contributed by atoms with Crippen molar-refractivity contribution in [3.63, 3.8) is 0 Å². The third-order valence-corrected chi connectivity index (χ3v) is 8.32. The van der Waals surface area contributed by atoms with Crippen LogP contribution in [0.3, 0.4) is 0 Å². The van der Waals surface area contributed by atoms with E-state index in [9.17, 15) is 9.59 Å². The number of hydrogen-bond donors (Lipinski definition) is 2. The van der Waals surface area contributed by atoms with E-state index in [2.05, 4.69) is 20.6 Å². The van der Waals surface area contributed by atoms with Gasteiger partial charge in [0.2, 0.25) is 0 Å². The number of likely N-dealkylation sites (tertiary alicyclic amines) is 1. The van der Waals surface area contributed by atoms with Crippen molar-refractivity contribution in [2.45, 2.75) is 51.8 Å². The number of carbonyl (C=O) groups is 2. The maximum Gasteiger partial charge on any atom is 0.407 e. The van der Waals surface area contributed by atoms with E-state index in [1.165, 1.54) is 19.4 Å². The molecule has 0 radical (unpaired) electrons. The van der Waals surface area contributed by atoms with Gasteiger partial charge in [-0.2, -0.15) is 5.10 Å². The van der Waals surface area contributed by atoms with Crippen LogP contribution in [-0.4, -0.2) is 52.4 Å². The van der Waals surface area contributed by atoms with E-state index >= 15 is 0 Å². The van der Waals surface area contributed by atoms with Crippen molar-refractivity contribution in [1.29, 1.82) is 0 Å². The second-order valence-electron chi connectivity index (χ2n) is 11.2. The van der Waals surface area contributed by atoms with Crippen molar-refractivity contribution in [1.82, 2.24) is 20.0 Å². The molecule has 1 saturated heterocycles. The molecule has 0 unspecified atom stereocenters. The summed E-state index contributed by atoms with van der Waals surface area (Å²) >= 11 is 6.64. The fourth-order valence-corrected chi connectivity index (χ4v) is 5.82. The zero-order valence-electron chi connectivity index (χ0n) is 23.0. The Balaban J connectivity index is 1.09. The van der Waals surface area contributed by atoms with E-state index in [0.29, 0.717) is 17.1 Å². The zero-order chi connectivity index (χ0) is 27.8. The molecule has 3 aromatic rings. The molecule has 0 atom stereocenters. The molecule has 1 saturated carbocycles. The van der Waals surface area contributed by atoms with E-state index in [0.717, 1.165) is 65.7 Å². The summed E-state index contributed by atoms with van der Waals surface area (Å²) < 4.78 is 7.43. The van der Waals surface area contributed by atoms with Crippen molar-refractivity contribution >= 4 is 40.8 Å². The topological polar surface area (TPSA) is 91.7 Å². The Kier molecular flexibility index (Phi) is 7.42. The number of aryl methyl sites for hydroxylation is 2. The van der Waals surface area contributed by atoms with Crippen LogP contribution in [0, 0.1) is 12.8 Å². The molecule has 2 aromatic carbocycles. The van der Waals surface area contributed by atoms with Gasteiger partial charge in [-0.3, -0.25) is 9.48 Å². The number of alkyl carbamates (subject to hydrolysis) is 1. The monoisotopic (exact) mass is 562 g/mol. The fraction of sp³-hybridized carbons (Fsp3) is 0.433. The molecular formula is C30H35ClN6O3. The van der Waals surface area contributed by atoms with Gasteiger partial charge in [-0.25, -0.2) is 4.79 Å². The van der Waals surface area contributed by atoms with Crippen LogP contribution in [0.2, 0.25) is 5.02 Å². The summed E-state index contributed by atoms with van der Waals surface area (Å²) in [7, 11) is 1.87. The Morgan fingerprint density at radius 1 is 1.12 bits per heavy atom. The van der Waals surface area contributed by atoms with Crippen LogP contribution in [-0.2, 0) is 24.9 Å². The zero-order valence-corrected chi connectivity index (χ0v) is 23.7. The number of rotatable bonds is 6. The predicted octanol–water partition coefficient (Wildman–Crippen LogP) is 5.39. The molecule has 0 bridgehead atoms. The number of halogens is 1. The van der Waals surface area contributed by atoms with Gasteiger partial charge in [-0.05, 0) is 73.9 Å². The first-order chi connectivity index (χ1) is 19.3. The smallest absolute Gasteiger partial charge is 0.407 e. The van der Waals surface area contributed by atoms with Crippen molar-refractivity contribution in [3.8, 4) is 0 Å². The number of nitrogens with zero attached hydrogens (tertiary/aromatic N) is 4. The number of piperidine rings is 1. The summed E-state index contributed by atoms with van der Waals surface area (Å²) in [5.74, 6) is 1.52. The Labute approximate surface area is 239 Å². The highest BCUT2D eigenvalue weighted by atomic mass is 35.5. The first kappa shape index (κ1) is 26.7. The maximum absolute atomic E-state index is 13.8. The third-order valence-electron chi connectivity index (χ3n) is 8.01. The summed E-state index contributed by atoms with van der Waals surface area (Å²) in [6.45, 7) is 5.79. The summed E-state index contributed by atoms with van der Waals surface area (Å²) in [5, 5.41) is 11.0. The Morgan fingerprint density at radius 3 is 2.67 bits per heavy atom. The molecule has 2 amide bonds. The Bertz CT molecular complexity index is 1430. The van der Waals surface area contributed by atoms with Gasteiger partial charge >= 0.3 is 6.09 Å². The van der Waals surface area contributed by atoms with E-state index in [4.69, 9.17) is 16.3 Å². The number of aromatic nitrogens is 2. The molecule has 10 heteroatoms. The molecule has 6 rings (SSSR count). The molecule has 40 heavy (non-hydrogen) atoms. The van der Waals surface area contributed by atoms with Gasteiger partial charge in [-0.15, -0.1) is 0 Å². The van der Waals surface area contributed by atoms with Gasteiger partial charge in [-0.1, -0.05) is 23.7 Å². The van der Waals surface area contributed by atoms with Crippen molar-refractivity contribution in [2.75, 3.05) is 29.9 Å². The molecule has 1 aliphatic carbocycles. The number of fused-ring (bicyclic) bond motifs is 2. The minimum atomic E-state index is -0.423. The predicted molar refractivity (Wildman–Crippen MR) is 155 cm³/mol. The number of hydrogen-bond acceptors (Lipinski definition) is 6. The van der Waals surface area contributed by atoms with Gasteiger partial charge in [0.1, 0.15) is 11.9 Å². The number of nitrogens with one attached hydrogen (secondary N) is 2. The van der Waals surface area contributed by atoms with Crippen LogP contribution in [0.5, 0.6) is 0 Å². The number of anilines is 3. The second kappa shape index (κ2) is 11.1. The van der Waals surface area contributed by atoms with E-state index < -0.39 is 6.09 Å². The molecule has 2 aliphatic heterocycles. The average molecular weight is 563 g/mol. The van der Waals surface area contributed by atoms with Crippen LogP contribution in [0.25, 0.3) is 0 Å².